The number of nitrogen functional groups attached to an aromatic ring is 1. The number of carbonyl (C=O) groups excluding carboxylic acids is 1. The highest BCUT2D eigenvalue weighted by atomic mass is 19.1. The molecule has 0 saturated carbocycles. The van der Waals surface area contributed by atoms with E-state index < -0.39 is 17.3 Å². The van der Waals surface area contributed by atoms with Crippen LogP contribution >= 0.6 is 0 Å². The number of benzene rings is 1. The summed E-state index contributed by atoms with van der Waals surface area (Å²) in [6, 6.07) is 8.82. The van der Waals surface area contributed by atoms with Crippen LogP contribution in [0.25, 0.3) is 0 Å². The molecule has 2 aromatic rings. The quantitative estimate of drug-likeness (QED) is 0.871. The van der Waals surface area contributed by atoms with Crippen LogP contribution in [0.3, 0.4) is 0 Å². The molecule has 1 heterocycles. The molecular formula is C13H12FN3O2. The number of nitrogens with two attached hydrogens (primary N) is 1. The summed E-state index contributed by atoms with van der Waals surface area (Å²) in [6.07, 6.45) is 1.44. The Hall–Kier alpha value is -2.63. The number of rotatable bonds is 3. The number of nitrogens with one attached hydrogen (secondary N) is 1. The Kier molecular flexibility index (Phi) is 3.61. The van der Waals surface area contributed by atoms with Crippen LogP contribution < -0.4 is 16.6 Å². The molecule has 0 aliphatic heterocycles. The lowest BCUT2D eigenvalue weighted by Gasteiger charge is -2.08. The van der Waals surface area contributed by atoms with Gasteiger partial charge in [0.05, 0.1) is 11.4 Å². The van der Waals surface area contributed by atoms with Gasteiger partial charge in [-0.3, -0.25) is 9.59 Å². The van der Waals surface area contributed by atoms with E-state index in [0.717, 1.165) is 4.57 Å². The van der Waals surface area contributed by atoms with Crippen molar-refractivity contribution in [2.45, 2.75) is 6.54 Å². The first-order valence-corrected chi connectivity index (χ1v) is 5.57. The van der Waals surface area contributed by atoms with Crippen molar-refractivity contribution in [3.8, 4) is 0 Å². The van der Waals surface area contributed by atoms with Crippen LogP contribution in [-0.2, 0) is 11.3 Å². The molecule has 0 bridgehead atoms. The van der Waals surface area contributed by atoms with Gasteiger partial charge < -0.3 is 15.6 Å². The third-order valence-corrected chi connectivity index (χ3v) is 2.51. The Morgan fingerprint density at radius 3 is 2.74 bits per heavy atom. The van der Waals surface area contributed by atoms with Crippen LogP contribution in [0.1, 0.15) is 0 Å². The molecule has 2 rings (SSSR count). The van der Waals surface area contributed by atoms with Gasteiger partial charge in [-0.15, -0.1) is 0 Å². The summed E-state index contributed by atoms with van der Waals surface area (Å²) in [5.74, 6) is -1.03. The zero-order valence-electron chi connectivity index (χ0n) is 9.97. The fourth-order valence-corrected chi connectivity index (χ4v) is 1.59. The normalized spacial score (nSPS) is 10.2. The minimum atomic E-state index is -0.532. The number of carbonyl (C=O) groups is 1. The second kappa shape index (κ2) is 5.34. The van der Waals surface area contributed by atoms with Crippen molar-refractivity contribution in [2.24, 2.45) is 0 Å². The molecule has 5 nitrogen and oxygen atoms in total. The van der Waals surface area contributed by atoms with E-state index in [4.69, 9.17) is 5.73 Å². The molecule has 19 heavy (non-hydrogen) atoms. The van der Waals surface area contributed by atoms with Gasteiger partial charge in [0.2, 0.25) is 5.91 Å². The second-order valence-corrected chi connectivity index (χ2v) is 3.92. The summed E-state index contributed by atoms with van der Waals surface area (Å²) in [5.41, 5.74) is 5.13. The molecule has 1 aromatic heterocycles. The van der Waals surface area contributed by atoms with Crippen molar-refractivity contribution in [3.63, 3.8) is 0 Å². The monoisotopic (exact) mass is 261 g/mol. The first-order chi connectivity index (χ1) is 9.08. The number of anilines is 2. The number of hydrogen-bond donors (Lipinski definition) is 2. The predicted molar refractivity (Wildman–Crippen MR) is 70.1 cm³/mol. The molecule has 0 radical (unpaired) electrons. The molecule has 98 valence electrons. The Morgan fingerprint density at radius 2 is 2.00 bits per heavy atom. The van der Waals surface area contributed by atoms with E-state index in [-0.39, 0.29) is 17.9 Å². The lowest BCUT2D eigenvalue weighted by atomic mass is 10.3. The van der Waals surface area contributed by atoms with Crippen LogP contribution in [-0.4, -0.2) is 10.5 Å². The maximum atomic E-state index is 13.3. The van der Waals surface area contributed by atoms with Crippen LogP contribution in [0, 0.1) is 5.82 Å². The molecular weight excluding hydrogens is 249 g/mol. The maximum absolute atomic E-state index is 13.3. The van der Waals surface area contributed by atoms with Gasteiger partial charge in [0.25, 0.3) is 5.56 Å². The molecule has 0 atom stereocenters. The van der Waals surface area contributed by atoms with Gasteiger partial charge >= 0.3 is 0 Å². The smallest absolute Gasteiger partial charge is 0.274 e. The summed E-state index contributed by atoms with van der Waals surface area (Å²) in [4.78, 5) is 23.3. The number of halogens is 1. The highest BCUT2D eigenvalue weighted by molar-refractivity contribution is 5.90. The van der Waals surface area contributed by atoms with E-state index in [0.29, 0.717) is 0 Å². The van der Waals surface area contributed by atoms with E-state index in [1.807, 2.05) is 0 Å². The van der Waals surface area contributed by atoms with E-state index in [1.54, 1.807) is 12.1 Å². The second-order valence-electron chi connectivity index (χ2n) is 3.92. The fraction of sp³-hybridized carbons (Fsp3) is 0.0769. The summed E-state index contributed by atoms with van der Waals surface area (Å²) >= 11 is 0. The average molecular weight is 261 g/mol. The van der Waals surface area contributed by atoms with Crippen molar-refractivity contribution < 1.29 is 9.18 Å². The van der Waals surface area contributed by atoms with Crippen molar-refractivity contribution in [1.29, 1.82) is 0 Å². The number of para-hydroxylation sites is 1. The summed E-state index contributed by atoms with van der Waals surface area (Å²) < 4.78 is 14.5. The molecule has 6 heteroatoms. The molecule has 1 aromatic carbocycles. The third-order valence-electron chi connectivity index (χ3n) is 2.51. The van der Waals surface area contributed by atoms with Gasteiger partial charge in [-0.05, 0) is 24.3 Å². The van der Waals surface area contributed by atoms with Gasteiger partial charge in [0.15, 0.2) is 0 Å². The number of pyridine rings is 1. The molecule has 0 aliphatic carbocycles. The molecule has 1 amide bonds. The van der Waals surface area contributed by atoms with Crippen LogP contribution in [0.5, 0.6) is 0 Å². The number of aromatic nitrogens is 1. The van der Waals surface area contributed by atoms with E-state index >= 15 is 0 Å². The lowest BCUT2D eigenvalue weighted by molar-refractivity contribution is -0.116. The van der Waals surface area contributed by atoms with Gasteiger partial charge in [0, 0.05) is 6.20 Å². The van der Waals surface area contributed by atoms with Gasteiger partial charge in [-0.1, -0.05) is 12.1 Å². The minimum absolute atomic E-state index is 0.0567. The highest BCUT2D eigenvalue weighted by Crippen LogP contribution is 2.12. The maximum Gasteiger partial charge on any atom is 0.274 e. The van der Waals surface area contributed by atoms with Gasteiger partial charge in [-0.2, -0.15) is 0 Å². The van der Waals surface area contributed by atoms with Crippen LogP contribution in [0.15, 0.2) is 47.4 Å². The van der Waals surface area contributed by atoms with E-state index in [1.165, 1.54) is 30.5 Å². The van der Waals surface area contributed by atoms with Gasteiger partial charge in [0.1, 0.15) is 12.4 Å². The number of nitrogens with zero attached hydrogens (tertiary/aromatic N) is 1. The molecule has 0 aliphatic rings. The number of hydrogen-bond acceptors (Lipinski definition) is 3. The zero-order valence-corrected chi connectivity index (χ0v) is 9.97. The molecule has 0 saturated heterocycles. The largest absolute Gasteiger partial charge is 0.394 e. The standard InChI is InChI=1S/C13H12FN3O2/c14-9-4-1-2-6-11(9)16-12(18)8-17-7-3-5-10(15)13(17)19/h1-7H,8,15H2,(H,16,18). The summed E-state index contributed by atoms with van der Waals surface area (Å²) in [7, 11) is 0. The Bertz CT molecular complexity index is 667. The van der Waals surface area contributed by atoms with Crippen molar-refractivity contribution >= 4 is 17.3 Å². The molecule has 0 spiro atoms. The van der Waals surface area contributed by atoms with E-state index in [9.17, 15) is 14.0 Å². The lowest BCUT2D eigenvalue weighted by Crippen LogP contribution is -2.28. The van der Waals surface area contributed by atoms with Crippen LogP contribution in [0.2, 0.25) is 0 Å². The zero-order chi connectivity index (χ0) is 13.8. The van der Waals surface area contributed by atoms with Crippen molar-refractivity contribution in [1.82, 2.24) is 4.57 Å². The van der Waals surface area contributed by atoms with Crippen molar-refractivity contribution in [3.05, 3.63) is 58.8 Å². The molecule has 3 N–H and O–H groups in total. The van der Waals surface area contributed by atoms with Crippen molar-refractivity contribution in [2.75, 3.05) is 11.1 Å². The first kappa shape index (κ1) is 12.8. The van der Waals surface area contributed by atoms with Gasteiger partial charge in [-0.25, -0.2) is 4.39 Å². The SMILES string of the molecule is Nc1cccn(CC(=O)Nc2ccccc2F)c1=O. The Labute approximate surface area is 108 Å². The predicted octanol–water partition coefficient (Wildman–Crippen LogP) is 1.21. The Morgan fingerprint density at radius 1 is 1.26 bits per heavy atom. The number of amides is 1. The fourth-order valence-electron chi connectivity index (χ4n) is 1.59. The average Bonchev–Trinajstić information content (AvgIpc) is 2.38. The highest BCUT2D eigenvalue weighted by Gasteiger charge is 2.08. The topological polar surface area (TPSA) is 77.1 Å². The minimum Gasteiger partial charge on any atom is -0.394 e. The molecule has 0 fully saturated rings. The summed E-state index contributed by atoms with van der Waals surface area (Å²) in [5, 5.41) is 2.39. The Balaban J connectivity index is 2.12. The van der Waals surface area contributed by atoms with Crippen LogP contribution in [0.4, 0.5) is 15.8 Å². The third kappa shape index (κ3) is 2.98. The molecule has 0 unspecified atom stereocenters. The summed E-state index contributed by atoms with van der Waals surface area (Å²) in [6.45, 7) is -0.224. The first-order valence-electron chi connectivity index (χ1n) is 5.57. The van der Waals surface area contributed by atoms with E-state index in [2.05, 4.69) is 5.32 Å².